The van der Waals surface area contributed by atoms with Gasteiger partial charge in [-0.15, -0.1) is 0 Å². The van der Waals surface area contributed by atoms with Crippen LogP contribution in [0.25, 0.3) is 0 Å². The second-order valence-electron chi connectivity index (χ2n) is 5.19. The summed E-state index contributed by atoms with van der Waals surface area (Å²) in [5.41, 5.74) is -0.373. The van der Waals surface area contributed by atoms with Crippen LogP contribution in [0.1, 0.15) is 27.2 Å². The van der Waals surface area contributed by atoms with Gasteiger partial charge in [-0.05, 0) is 44.5 Å². The number of anilines is 1. The van der Waals surface area contributed by atoms with Crippen LogP contribution < -0.4 is 20.7 Å². The molecule has 0 aromatic heterocycles. The van der Waals surface area contributed by atoms with Gasteiger partial charge in [-0.2, -0.15) is 0 Å². The number of methoxy groups -OCH3 is 1. The highest BCUT2D eigenvalue weighted by molar-refractivity contribution is 5.99. The molecule has 1 aromatic carbocycles. The smallest absolute Gasteiger partial charge is 0.315 e. The van der Waals surface area contributed by atoms with E-state index in [1.807, 2.05) is 6.92 Å². The number of ether oxygens (including phenoxy) is 1. The minimum atomic E-state index is -1.02. The molecule has 0 fully saturated rings. The van der Waals surface area contributed by atoms with Gasteiger partial charge in [0.2, 0.25) is 5.91 Å². The van der Waals surface area contributed by atoms with Crippen molar-refractivity contribution in [3.8, 4) is 5.75 Å². The first kappa shape index (κ1) is 16.8. The zero-order valence-electron chi connectivity index (χ0n) is 12.9. The van der Waals surface area contributed by atoms with E-state index >= 15 is 0 Å². The zero-order valence-corrected chi connectivity index (χ0v) is 12.9. The third kappa shape index (κ3) is 5.33. The molecule has 0 aliphatic carbocycles. The Hall–Kier alpha value is -2.24. The lowest BCUT2D eigenvalue weighted by Gasteiger charge is -2.25. The van der Waals surface area contributed by atoms with Gasteiger partial charge in [-0.3, -0.25) is 4.79 Å². The van der Waals surface area contributed by atoms with Crippen molar-refractivity contribution in [3.63, 3.8) is 0 Å². The van der Waals surface area contributed by atoms with Crippen LogP contribution in [0.2, 0.25) is 0 Å². The summed E-state index contributed by atoms with van der Waals surface area (Å²) in [7, 11) is 1.58. The topological polar surface area (TPSA) is 79.5 Å². The predicted octanol–water partition coefficient (Wildman–Crippen LogP) is 2.12. The fourth-order valence-corrected chi connectivity index (χ4v) is 1.59. The highest BCUT2D eigenvalue weighted by Gasteiger charge is 2.29. The average Bonchev–Trinajstić information content (AvgIpc) is 2.45. The van der Waals surface area contributed by atoms with E-state index in [9.17, 15) is 9.59 Å². The van der Waals surface area contributed by atoms with E-state index < -0.39 is 5.54 Å². The maximum absolute atomic E-state index is 12.2. The molecule has 0 spiro atoms. The van der Waals surface area contributed by atoms with Crippen molar-refractivity contribution in [3.05, 3.63) is 24.3 Å². The summed E-state index contributed by atoms with van der Waals surface area (Å²) in [4.78, 5) is 23.9. The molecule has 0 aliphatic rings. The maximum atomic E-state index is 12.2. The number of carbonyl (C=O) groups excluding carboxylic acids is 2. The summed E-state index contributed by atoms with van der Waals surface area (Å²) >= 11 is 0. The molecule has 0 saturated carbocycles. The van der Waals surface area contributed by atoms with Crippen molar-refractivity contribution in [1.29, 1.82) is 0 Å². The number of urea groups is 1. The van der Waals surface area contributed by atoms with Crippen LogP contribution in [-0.2, 0) is 4.79 Å². The van der Waals surface area contributed by atoms with Crippen LogP contribution in [0.4, 0.5) is 10.5 Å². The molecule has 116 valence electrons. The van der Waals surface area contributed by atoms with Crippen molar-refractivity contribution in [2.24, 2.45) is 0 Å². The molecule has 0 radical (unpaired) electrons. The number of rotatable bonds is 6. The molecule has 3 amide bonds. The third-order valence-corrected chi connectivity index (χ3v) is 2.88. The number of hydrogen-bond donors (Lipinski definition) is 3. The predicted molar refractivity (Wildman–Crippen MR) is 82.5 cm³/mol. The van der Waals surface area contributed by atoms with E-state index in [-0.39, 0.29) is 11.9 Å². The summed E-state index contributed by atoms with van der Waals surface area (Å²) in [6.45, 7) is 5.83. The summed E-state index contributed by atoms with van der Waals surface area (Å²) in [6, 6.07) is 6.63. The molecular weight excluding hydrogens is 270 g/mol. The van der Waals surface area contributed by atoms with Crippen LogP contribution in [0, 0.1) is 0 Å². The highest BCUT2D eigenvalue weighted by Crippen LogP contribution is 2.16. The number of amides is 3. The molecule has 0 heterocycles. The quantitative estimate of drug-likeness (QED) is 0.751. The summed E-state index contributed by atoms with van der Waals surface area (Å²) in [5, 5.41) is 8.08. The molecule has 0 bridgehead atoms. The summed E-state index contributed by atoms with van der Waals surface area (Å²) in [6.07, 6.45) is 0.839. The first-order valence-corrected chi connectivity index (χ1v) is 6.90. The lowest BCUT2D eigenvalue weighted by molar-refractivity contribution is -0.120. The Kier molecular flexibility index (Phi) is 6.02. The van der Waals surface area contributed by atoms with Gasteiger partial charge in [0.1, 0.15) is 11.3 Å². The molecule has 21 heavy (non-hydrogen) atoms. The standard InChI is InChI=1S/C15H23N3O3/c1-5-10-16-14(20)18-15(2,3)13(19)17-11-6-8-12(21-4)9-7-11/h6-9H,5,10H2,1-4H3,(H,17,19)(H2,16,18,20). The molecule has 0 unspecified atom stereocenters. The van der Waals surface area contributed by atoms with Gasteiger partial charge < -0.3 is 20.7 Å². The molecule has 3 N–H and O–H groups in total. The van der Waals surface area contributed by atoms with Crippen LogP contribution in [0.15, 0.2) is 24.3 Å². The van der Waals surface area contributed by atoms with E-state index in [2.05, 4.69) is 16.0 Å². The molecule has 0 aliphatic heterocycles. The first-order valence-electron chi connectivity index (χ1n) is 6.90. The Morgan fingerprint density at radius 3 is 2.33 bits per heavy atom. The number of benzene rings is 1. The monoisotopic (exact) mass is 293 g/mol. The maximum Gasteiger partial charge on any atom is 0.315 e. The Labute approximate surface area is 125 Å². The van der Waals surface area contributed by atoms with Gasteiger partial charge in [0, 0.05) is 12.2 Å². The van der Waals surface area contributed by atoms with E-state index in [1.165, 1.54) is 0 Å². The van der Waals surface area contributed by atoms with Crippen molar-refractivity contribution in [2.45, 2.75) is 32.7 Å². The van der Waals surface area contributed by atoms with Crippen molar-refractivity contribution >= 4 is 17.6 Å². The van der Waals surface area contributed by atoms with Gasteiger partial charge in [0.05, 0.1) is 7.11 Å². The molecule has 1 aromatic rings. The third-order valence-electron chi connectivity index (χ3n) is 2.88. The SMILES string of the molecule is CCCNC(=O)NC(C)(C)C(=O)Nc1ccc(OC)cc1. The van der Waals surface area contributed by atoms with Crippen LogP contribution in [0.3, 0.4) is 0 Å². The number of carbonyl (C=O) groups is 2. The van der Waals surface area contributed by atoms with Gasteiger partial charge >= 0.3 is 6.03 Å². The average molecular weight is 293 g/mol. The van der Waals surface area contributed by atoms with E-state index in [4.69, 9.17) is 4.74 Å². The molecule has 0 atom stereocenters. The fourth-order valence-electron chi connectivity index (χ4n) is 1.59. The van der Waals surface area contributed by atoms with E-state index in [0.29, 0.717) is 18.0 Å². The summed E-state index contributed by atoms with van der Waals surface area (Å²) < 4.78 is 5.05. The highest BCUT2D eigenvalue weighted by atomic mass is 16.5. The van der Waals surface area contributed by atoms with Crippen LogP contribution in [0.5, 0.6) is 5.75 Å². The summed E-state index contributed by atoms with van der Waals surface area (Å²) in [5.74, 6) is 0.420. The molecule has 6 heteroatoms. The first-order chi connectivity index (χ1) is 9.89. The Balaban J connectivity index is 2.61. The Morgan fingerprint density at radius 1 is 1.19 bits per heavy atom. The van der Waals surface area contributed by atoms with Gasteiger partial charge in [0.25, 0.3) is 0 Å². The minimum Gasteiger partial charge on any atom is -0.497 e. The second-order valence-corrected chi connectivity index (χ2v) is 5.19. The van der Waals surface area contributed by atoms with E-state index in [1.54, 1.807) is 45.2 Å². The van der Waals surface area contributed by atoms with Gasteiger partial charge in [0.15, 0.2) is 0 Å². The van der Waals surface area contributed by atoms with Crippen molar-refractivity contribution in [1.82, 2.24) is 10.6 Å². The number of hydrogen-bond acceptors (Lipinski definition) is 3. The van der Waals surface area contributed by atoms with E-state index in [0.717, 1.165) is 6.42 Å². The fraction of sp³-hybridized carbons (Fsp3) is 0.467. The Morgan fingerprint density at radius 2 is 1.81 bits per heavy atom. The van der Waals surface area contributed by atoms with Crippen LogP contribution in [-0.4, -0.2) is 31.1 Å². The molecule has 1 rings (SSSR count). The van der Waals surface area contributed by atoms with Gasteiger partial charge in [-0.1, -0.05) is 6.92 Å². The lowest BCUT2D eigenvalue weighted by Crippen LogP contribution is -2.55. The minimum absolute atomic E-state index is 0.292. The van der Waals surface area contributed by atoms with Crippen LogP contribution >= 0.6 is 0 Å². The lowest BCUT2D eigenvalue weighted by atomic mass is 10.0. The second kappa shape index (κ2) is 7.52. The molecule has 0 saturated heterocycles. The Bertz CT molecular complexity index is 483. The molecular formula is C15H23N3O3. The van der Waals surface area contributed by atoms with Gasteiger partial charge in [-0.25, -0.2) is 4.79 Å². The molecule has 6 nitrogen and oxygen atoms in total. The zero-order chi connectivity index (χ0) is 15.9. The normalized spacial score (nSPS) is 10.7. The number of nitrogens with one attached hydrogen (secondary N) is 3. The largest absolute Gasteiger partial charge is 0.497 e. The van der Waals surface area contributed by atoms with Crippen molar-refractivity contribution in [2.75, 3.05) is 19.0 Å². The van der Waals surface area contributed by atoms with Crippen molar-refractivity contribution < 1.29 is 14.3 Å².